The van der Waals surface area contributed by atoms with Gasteiger partial charge in [-0.1, -0.05) is 12.1 Å². The Morgan fingerprint density at radius 2 is 2.10 bits per heavy atom. The van der Waals surface area contributed by atoms with Gasteiger partial charge < -0.3 is 20.4 Å². The lowest BCUT2D eigenvalue weighted by Gasteiger charge is -2.35. The van der Waals surface area contributed by atoms with Gasteiger partial charge in [-0.25, -0.2) is 0 Å². The van der Waals surface area contributed by atoms with Crippen molar-refractivity contribution in [2.45, 2.75) is 13.3 Å². The molecule has 0 unspecified atom stereocenters. The van der Waals surface area contributed by atoms with Crippen LogP contribution in [-0.2, 0) is 18.3 Å². The molecule has 3 rings (SSSR count). The SMILES string of the molecule is CCNC(=NCCc1cccc(C(=O)NC)c1)N1CCN(c2cnn(C)c2)C(=O)C1.I. The van der Waals surface area contributed by atoms with Gasteiger partial charge in [0.25, 0.3) is 5.91 Å². The van der Waals surface area contributed by atoms with E-state index in [4.69, 9.17) is 4.99 Å². The first-order valence-electron chi connectivity index (χ1n) is 10.1. The maximum Gasteiger partial charge on any atom is 0.251 e. The van der Waals surface area contributed by atoms with Gasteiger partial charge in [0, 0.05) is 52.0 Å². The quantitative estimate of drug-likeness (QED) is 0.328. The molecule has 0 saturated carbocycles. The standard InChI is InChI=1S/C21H29N7O2.HI/c1-4-23-21(24-9-8-16-6-5-7-17(12-16)20(30)22-2)27-10-11-28(19(29)15-27)18-13-25-26(3)14-18;/h5-7,12-14H,4,8-11,15H2,1-3H3,(H,22,30)(H,23,24);1H. The number of hydrogen-bond acceptors (Lipinski definition) is 4. The minimum Gasteiger partial charge on any atom is -0.357 e. The molecule has 2 aromatic rings. The third-order valence-corrected chi connectivity index (χ3v) is 4.94. The van der Waals surface area contributed by atoms with Crippen molar-refractivity contribution in [2.24, 2.45) is 12.0 Å². The second kappa shape index (κ2) is 11.7. The van der Waals surface area contributed by atoms with Crippen LogP contribution >= 0.6 is 24.0 Å². The van der Waals surface area contributed by atoms with Gasteiger partial charge in [0.1, 0.15) is 6.54 Å². The Labute approximate surface area is 199 Å². The van der Waals surface area contributed by atoms with Crippen LogP contribution in [0, 0.1) is 0 Å². The molecule has 1 aliphatic heterocycles. The molecule has 0 spiro atoms. The highest BCUT2D eigenvalue weighted by atomic mass is 127. The van der Waals surface area contributed by atoms with Gasteiger partial charge in [-0.3, -0.25) is 19.3 Å². The number of nitrogens with one attached hydrogen (secondary N) is 2. The summed E-state index contributed by atoms with van der Waals surface area (Å²) in [6.07, 6.45) is 4.27. The van der Waals surface area contributed by atoms with Gasteiger partial charge in [0.15, 0.2) is 5.96 Å². The number of nitrogens with zero attached hydrogens (tertiary/aromatic N) is 5. The molecule has 0 radical (unpaired) electrons. The van der Waals surface area contributed by atoms with E-state index in [0.29, 0.717) is 31.6 Å². The molecule has 0 aliphatic carbocycles. The fourth-order valence-corrected chi connectivity index (χ4v) is 3.40. The van der Waals surface area contributed by atoms with E-state index in [1.807, 2.05) is 43.3 Å². The highest BCUT2D eigenvalue weighted by molar-refractivity contribution is 14.0. The zero-order valence-electron chi connectivity index (χ0n) is 18.2. The first-order valence-corrected chi connectivity index (χ1v) is 10.1. The molecule has 1 aromatic carbocycles. The van der Waals surface area contributed by atoms with E-state index in [9.17, 15) is 9.59 Å². The van der Waals surface area contributed by atoms with Crippen LogP contribution in [0.25, 0.3) is 0 Å². The maximum atomic E-state index is 12.7. The molecule has 10 heteroatoms. The van der Waals surface area contributed by atoms with Gasteiger partial charge in [-0.15, -0.1) is 24.0 Å². The van der Waals surface area contributed by atoms with Crippen LogP contribution in [0.15, 0.2) is 41.7 Å². The molecule has 1 aliphatic rings. The average molecular weight is 539 g/mol. The van der Waals surface area contributed by atoms with E-state index in [1.54, 1.807) is 28.9 Å². The predicted octanol–water partition coefficient (Wildman–Crippen LogP) is 1.25. The predicted molar refractivity (Wildman–Crippen MR) is 132 cm³/mol. The molecule has 0 atom stereocenters. The Morgan fingerprint density at radius 3 is 2.74 bits per heavy atom. The Hall–Kier alpha value is -2.63. The van der Waals surface area contributed by atoms with E-state index >= 15 is 0 Å². The summed E-state index contributed by atoms with van der Waals surface area (Å²) in [7, 11) is 3.46. The lowest BCUT2D eigenvalue weighted by molar-refractivity contribution is -0.120. The van der Waals surface area contributed by atoms with Crippen LogP contribution in [0.3, 0.4) is 0 Å². The molecule has 1 saturated heterocycles. The highest BCUT2D eigenvalue weighted by Crippen LogP contribution is 2.16. The van der Waals surface area contributed by atoms with E-state index < -0.39 is 0 Å². The molecule has 168 valence electrons. The van der Waals surface area contributed by atoms with Crippen LogP contribution in [0.4, 0.5) is 5.69 Å². The maximum absolute atomic E-state index is 12.7. The second-order valence-corrected chi connectivity index (χ2v) is 7.10. The number of guanidine groups is 1. The molecule has 31 heavy (non-hydrogen) atoms. The van der Waals surface area contributed by atoms with Crippen LogP contribution < -0.4 is 15.5 Å². The Kier molecular flexibility index (Phi) is 9.28. The molecular formula is C21H30IN7O2. The molecule has 1 fully saturated rings. The Balaban J connectivity index is 0.00000341. The molecule has 9 nitrogen and oxygen atoms in total. The second-order valence-electron chi connectivity index (χ2n) is 7.10. The summed E-state index contributed by atoms with van der Waals surface area (Å²) in [4.78, 5) is 32.9. The van der Waals surface area contributed by atoms with Crippen molar-refractivity contribution < 1.29 is 9.59 Å². The largest absolute Gasteiger partial charge is 0.357 e. The normalized spacial score (nSPS) is 14.3. The summed E-state index contributed by atoms with van der Waals surface area (Å²) in [5.41, 5.74) is 2.51. The first kappa shape index (κ1) is 24.6. The zero-order valence-corrected chi connectivity index (χ0v) is 20.5. The summed E-state index contributed by atoms with van der Waals surface area (Å²) in [6.45, 7) is 4.85. The number of aryl methyl sites for hydroxylation is 1. The van der Waals surface area contributed by atoms with Gasteiger partial charge in [0.05, 0.1) is 11.9 Å². The zero-order chi connectivity index (χ0) is 21.5. The number of piperazine rings is 1. The molecule has 2 amide bonds. The van der Waals surface area contributed by atoms with E-state index in [1.165, 1.54) is 0 Å². The number of amides is 2. The van der Waals surface area contributed by atoms with E-state index in [2.05, 4.69) is 15.7 Å². The minimum absolute atomic E-state index is 0. The topological polar surface area (TPSA) is 94.9 Å². The summed E-state index contributed by atoms with van der Waals surface area (Å²) >= 11 is 0. The lowest BCUT2D eigenvalue weighted by atomic mass is 10.1. The van der Waals surface area contributed by atoms with Gasteiger partial charge in [-0.2, -0.15) is 5.10 Å². The van der Waals surface area contributed by atoms with Crippen LogP contribution in [0.1, 0.15) is 22.8 Å². The number of halogens is 1. The third kappa shape index (κ3) is 6.42. The molecule has 0 bridgehead atoms. The smallest absolute Gasteiger partial charge is 0.251 e. The van der Waals surface area contributed by atoms with Crippen LogP contribution in [0.2, 0.25) is 0 Å². The van der Waals surface area contributed by atoms with Gasteiger partial charge >= 0.3 is 0 Å². The number of hydrogen-bond donors (Lipinski definition) is 2. The molecule has 2 heterocycles. The average Bonchev–Trinajstić information content (AvgIpc) is 3.18. The number of anilines is 1. The van der Waals surface area contributed by atoms with Crippen molar-refractivity contribution in [2.75, 3.05) is 44.7 Å². The number of benzene rings is 1. The van der Waals surface area contributed by atoms with E-state index in [-0.39, 0.29) is 42.3 Å². The van der Waals surface area contributed by atoms with E-state index in [0.717, 1.165) is 23.8 Å². The lowest BCUT2D eigenvalue weighted by Crippen LogP contribution is -2.55. The monoisotopic (exact) mass is 539 g/mol. The Morgan fingerprint density at radius 1 is 1.29 bits per heavy atom. The number of aliphatic imine (C=N–C) groups is 1. The van der Waals surface area contributed by atoms with Crippen molar-refractivity contribution in [1.29, 1.82) is 0 Å². The first-order chi connectivity index (χ1) is 14.5. The number of carbonyl (C=O) groups excluding carboxylic acids is 2. The van der Waals surface area contributed by atoms with Crippen LogP contribution in [-0.4, -0.2) is 72.2 Å². The van der Waals surface area contributed by atoms with Crippen LogP contribution in [0.5, 0.6) is 0 Å². The van der Waals surface area contributed by atoms with Gasteiger partial charge in [-0.05, 0) is 31.0 Å². The summed E-state index contributed by atoms with van der Waals surface area (Å²) in [5.74, 6) is 0.663. The fourth-order valence-electron chi connectivity index (χ4n) is 3.40. The fraction of sp³-hybridized carbons (Fsp3) is 0.429. The summed E-state index contributed by atoms with van der Waals surface area (Å²) in [6, 6.07) is 7.55. The van der Waals surface area contributed by atoms with Crippen molar-refractivity contribution in [1.82, 2.24) is 25.3 Å². The molecular weight excluding hydrogens is 509 g/mol. The number of carbonyl (C=O) groups is 2. The van der Waals surface area contributed by atoms with Gasteiger partial charge in [0.2, 0.25) is 5.91 Å². The van der Waals surface area contributed by atoms with Crippen molar-refractivity contribution in [3.63, 3.8) is 0 Å². The number of aromatic nitrogens is 2. The highest BCUT2D eigenvalue weighted by Gasteiger charge is 2.27. The third-order valence-electron chi connectivity index (χ3n) is 4.94. The number of rotatable bonds is 6. The summed E-state index contributed by atoms with van der Waals surface area (Å²) in [5, 5.41) is 10.1. The van der Waals surface area contributed by atoms with Crippen molar-refractivity contribution in [3.05, 3.63) is 47.8 Å². The minimum atomic E-state index is -0.0984. The van der Waals surface area contributed by atoms with Crippen molar-refractivity contribution >= 4 is 47.4 Å². The van der Waals surface area contributed by atoms with Crippen molar-refractivity contribution in [3.8, 4) is 0 Å². The molecule has 2 N–H and O–H groups in total. The Bertz CT molecular complexity index is 928. The summed E-state index contributed by atoms with van der Waals surface area (Å²) < 4.78 is 1.69. The molecule has 1 aromatic heterocycles.